The minimum absolute atomic E-state index is 0.0437. The fourth-order valence-corrected chi connectivity index (χ4v) is 1.71. The molecule has 0 aliphatic heterocycles. The molecule has 2 rings (SSSR count). The first-order chi connectivity index (χ1) is 9.22. The van der Waals surface area contributed by atoms with Crippen LogP contribution in [0.15, 0.2) is 18.2 Å². The van der Waals surface area contributed by atoms with E-state index in [1.807, 2.05) is 0 Å². The fraction of sp³-hybridized carbons (Fsp3) is 0.500. The lowest BCUT2D eigenvalue weighted by atomic mass is 10.2. The molecule has 0 unspecified atom stereocenters. The molecular formula is C14H19NO4. The third-order valence-electron chi connectivity index (χ3n) is 3.05. The smallest absolute Gasteiger partial charge is 0.257 e. The Labute approximate surface area is 112 Å². The van der Waals surface area contributed by atoms with E-state index in [0.717, 1.165) is 6.54 Å². The molecule has 0 radical (unpaired) electrons. The number of benzene rings is 1. The summed E-state index contributed by atoms with van der Waals surface area (Å²) in [6.07, 6.45) is 2.40. The van der Waals surface area contributed by atoms with Gasteiger partial charge in [-0.25, -0.2) is 0 Å². The van der Waals surface area contributed by atoms with Gasteiger partial charge in [0.2, 0.25) is 0 Å². The van der Waals surface area contributed by atoms with Crippen LogP contribution in [-0.2, 0) is 11.4 Å². The van der Waals surface area contributed by atoms with Crippen LogP contribution in [0, 0.1) is 5.92 Å². The first kappa shape index (κ1) is 13.7. The van der Waals surface area contributed by atoms with E-state index in [4.69, 9.17) is 14.6 Å². The molecule has 5 heteroatoms. The summed E-state index contributed by atoms with van der Waals surface area (Å²) in [7, 11) is 1.54. The van der Waals surface area contributed by atoms with Crippen molar-refractivity contribution in [2.75, 3.05) is 20.3 Å². The monoisotopic (exact) mass is 265 g/mol. The molecule has 2 N–H and O–H groups in total. The zero-order valence-electron chi connectivity index (χ0n) is 11.0. The van der Waals surface area contributed by atoms with Gasteiger partial charge in [0.1, 0.15) is 0 Å². The molecular weight excluding hydrogens is 246 g/mol. The van der Waals surface area contributed by atoms with Crippen molar-refractivity contribution in [3.8, 4) is 11.5 Å². The van der Waals surface area contributed by atoms with Crippen LogP contribution < -0.4 is 14.8 Å². The lowest BCUT2D eigenvalue weighted by Gasteiger charge is -2.11. The number of aliphatic hydroxyl groups is 1. The quantitative estimate of drug-likeness (QED) is 0.774. The molecule has 1 aliphatic carbocycles. The fourth-order valence-electron chi connectivity index (χ4n) is 1.71. The van der Waals surface area contributed by atoms with E-state index in [2.05, 4.69) is 5.32 Å². The van der Waals surface area contributed by atoms with Crippen LogP contribution in [0.1, 0.15) is 18.4 Å². The third kappa shape index (κ3) is 4.13. The number of carbonyl (C=O) groups is 1. The van der Waals surface area contributed by atoms with Gasteiger partial charge in [0, 0.05) is 6.54 Å². The largest absolute Gasteiger partial charge is 0.493 e. The number of rotatable bonds is 7. The molecule has 1 aromatic carbocycles. The van der Waals surface area contributed by atoms with Gasteiger partial charge < -0.3 is 19.9 Å². The number of aliphatic hydroxyl groups excluding tert-OH is 1. The Morgan fingerprint density at radius 2 is 2.21 bits per heavy atom. The van der Waals surface area contributed by atoms with Crippen molar-refractivity contribution in [3.05, 3.63) is 23.8 Å². The molecule has 1 fully saturated rings. The van der Waals surface area contributed by atoms with E-state index < -0.39 is 0 Å². The maximum Gasteiger partial charge on any atom is 0.257 e. The molecule has 0 bridgehead atoms. The molecule has 5 nitrogen and oxygen atoms in total. The third-order valence-corrected chi connectivity index (χ3v) is 3.05. The first-order valence-corrected chi connectivity index (χ1v) is 6.40. The number of ether oxygens (including phenoxy) is 2. The van der Waals surface area contributed by atoms with E-state index in [1.165, 1.54) is 20.0 Å². The minimum Gasteiger partial charge on any atom is -0.493 e. The predicted octanol–water partition coefficient (Wildman–Crippen LogP) is 1.09. The predicted molar refractivity (Wildman–Crippen MR) is 70.1 cm³/mol. The standard InChI is InChI=1S/C14H19NO4/c1-18-12-5-4-11(8-16)6-13(12)19-9-14(17)15-7-10-2-3-10/h4-6,10,16H,2-3,7-9H2,1H3,(H,15,17). The highest BCUT2D eigenvalue weighted by Gasteiger charge is 2.21. The van der Waals surface area contributed by atoms with Gasteiger partial charge in [-0.05, 0) is 36.5 Å². The van der Waals surface area contributed by atoms with Crippen molar-refractivity contribution in [1.29, 1.82) is 0 Å². The summed E-state index contributed by atoms with van der Waals surface area (Å²) in [5, 5.41) is 11.9. The van der Waals surface area contributed by atoms with Crippen LogP contribution in [-0.4, -0.2) is 31.3 Å². The summed E-state index contributed by atoms with van der Waals surface area (Å²) in [6, 6.07) is 5.13. The maximum absolute atomic E-state index is 11.6. The van der Waals surface area contributed by atoms with E-state index in [1.54, 1.807) is 18.2 Å². The molecule has 19 heavy (non-hydrogen) atoms. The van der Waals surface area contributed by atoms with Crippen LogP contribution in [0.3, 0.4) is 0 Å². The highest BCUT2D eigenvalue weighted by atomic mass is 16.5. The summed E-state index contributed by atoms with van der Waals surface area (Å²) in [4.78, 5) is 11.6. The van der Waals surface area contributed by atoms with Gasteiger partial charge in [-0.1, -0.05) is 6.07 Å². The Hall–Kier alpha value is -1.75. The van der Waals surface area contributed by atoms with E-state index >= 15 is 0 Å². The highest BCUT2D eigenvalue weighted by Crippen LogP contribution is 2.28. The van der Waals surface area contributed by atoms with E-state index in [-0.39, 0.29) is 19.1 Å². The zero-order chi connectivity index (χ0) is 13.7. The normalized spacial score (nSPS) is 14.0. The average Bonchev–Trinajstić information content (AvgIpc) is 3.26. The topological polar surface area (TPSA) is 67.8 Å². The Bertz CT molecular complexity index is 443. The molecule has 1 aromatic rings. The maximum atomic E-state index is 11.6. The van der Waals surface area contributed by atoms with Crippen molar-refractivity contribution >= 4 is 5.91 Å². The molecule has 0 aromatic heterocycles. The van der Waals surface area contributed by atoms with Gasteiger partial charge in [0.15, 0.2) is 18.1 Å². The van der Waals surface area contributed by atoms with Crippen LogP contribution in [0.5, 0.6) is 11.5 Å². The number of amides is 1. The molecule has 0 saturated heterocycles. The Kier molecular flexibility index (Phi) is 4.63. The van der Waals surface area contributed by atoms with Gasteiger partial charge in [-0.15, -0.1) is 0 Å². The van der Waals surface area contributed by atoms with Crippen molar-refractivity contribution in [2.45, 2.75) is 19.4 Å². The Morgan fingerprint density at radius 3 is 2.84 bits per heavy atom. The lowest BCUT2D eigenvalue weighted by molar-refractivity contribution is -0.123. The number of methoxy groups -OCH3 is 1. The summed E-state index contributed by atoms with van der Waals surface area (Å²) < 4.78 is 10.6. The number of hydrogen-bond donors (Lipinski definition) is 2. The van der Waals surface area contributed by atoms with Crippen molar-refractivity contribution in [2.24, 2.45) is 5.92 Å². The summed E-state index contributed by atoms with van der Waals surface area (Å²) >= 11 is 0. The molecule has 0 atom stereocenters. The zero-order valence-corrected chi connectivity index (χ0v) is 11.0. The summed E-state index contributed by atoms with van der Waals surface area (Å²) in [5.74, 6) is 1.53. The van der Waals surface area contributed by atoms with Crippen LogP contribution >= 0.6 is 0 Å². The van der Waals surface area contributed by atoms with E-state index in [0.29, 0.717) is 23.0 Å². The van der Waals surface area contributed by atoms with Gasteiger partial charge in [0.25, 0.3) is 5.91 Å². The Morgan fingerprint density at radius 1 is 1.42 bits per heavy atom. The molecule has 104 valence electrons. The van der Waals surface area contributed by atoms with Crippen molar-refractivity contribution in [3.63, 3.8) is 0 Å². The van der Waals surface area contributed by atoms with Gasteiger partial charge in [-0.3, -0.25) is 4.79 Å². The SMILES string of the molecule is COc1ccc(CO)cc1OCC(=O)NCC1CC1. The second kappa shape index (κ2) is 6.43. The number of hydrogen-bond acceptors (Lipinski definition) is 4. The molecule has 0 spiro atoms. The highest BCUT2D eigenvalue weighted by molar-refractivity contribution is 5.77. The number of carbonyl (C=O) groups excluding carboxylic acids is 1. The summed E-state index contributed by atoms with van der Waals surface area (Å²) in [5.41, 5.74) is 0.717. The second-order valence-electron chi connectivity index (χ2n) is 4.68. The van der Waals surface area contributed by atoms with Crippen LogP contribution in [0.2, 0.25) is 0 Å². The summed E-state index contributed by atoms with van der Waals surface area (Å²) in [6.45, 7) is 0.613. The van der Waals surface area contributed by atoms with Crippen molar-refractivity contribution < 1.29 is 19.4 Å². The molecule has 1 aliphatic rings. The van der Waals surface area contributed by atoms with E-state index in [9.17, 15) is 4.79 Å². The first-order valence-electron chi connectivity index (χ1n) is 6.40. The van der Waals surface area contributed by atoms with Gasteiger partial charge in [-0.2, -0.15) is 0 Å². The molecule has 0 heterocycles. The van der Waals surface area contributed by atoms with Crippen molar-refractivity contribution in [1.82, 2.24) is 5.32 Å². The average molecular weight is 265 g/mol. The van der Waals surface area contributed by atoms with Crippen LogP contribution in [0.25, 0.3) is 0 Å². The molecule has 1 amide bonds. The lowest BCUT2D eigenvalue weighted by Crippen LogP contribution is -2.30. The van der Waals surface area contributed by atoms with Gasteiger partial charge in [0.05, 0.1) is 13.7 Å². The number of nitrogens with one attached hydrogen (secondary N) is 1. The van der Waals surface area contributed by atoms with Crippen LogP contribution in [0.4, 0.5) is 0 Å². The Balaban J connectivity index is 1.87. The minimum atomic E-state index is -0.136. The second-order valence-corrected chi connectivity index (χ2v) is 4.68. The molecule has 1 saturated carbocycles. The van der Waals surface area contributed by atoms with Gasteiger partial charge >= 0.3 is 0 Å².